The minimum atomic E-state index is 0.792. The number of hydrogen-bond donors (Lipinski definition) is 1. The molecule has 0 aromatic heterocycles. The van der Waals surface area contributed by atoms with Gasteiger partial charge >= 0.3 is 0 Å². The Hall–Kier alpha value is -0.0800. The van der Waals surface area contributed by atoms with E-state index in [0.29, 0.717) is 0 Å². The fraction of sp³-hybridized carbons (Fsp3) is 1.00. The van der Waals surface area contributed by atoms with Crippen molar-refractivity contribution in [3.8, 4) is 0 Å². The number of hydrogen-bond acceptors (Lipinski definition) is 2. The molecule has 2 nitrogen and oxygen atoms in total. The van der Waals surface area contributed by atoms with Gasteiger partial charge in [-0.05, 0) is 64.0 Å². The molecule has 0 radical (unpaired) electrons. The van der Waals surface area contributed by atoms with Gasteiger partial charge in [-0.25, -0.2) is 0 Å². The summed E-state index contributed by atoms with van der Waals surface area (Å²) >= 11 is 0. The first-order valence-corrected chi connectivity index (χ1v) is 8.30. The molecule has 1 heterocycles. The van der Waals surface area contributed by atoms with E-state index in [4.69, 9.17) is 0 Å². The van der Waals surface area contributed by atoms with Gasteiger partial charge in [-0.2, -0.15) is 0 Å². The largest absolute Gasteiger partial charge is 0.317 e. The first-order valence-electron chi connectivity index (χ1n) is 8.30. The second kappa shape index (κ2) is 5.92. The molecule has 4 unspecified atom stereocenters. The molecule has 0 aromatic rings. The quantitative estimate of drug-likeness (QED) is 0.828. The lowest BCUT2D eigenvalue weighted by Crippen LogP contribution is -2.49. The van der Waals surface area contributed by atoms with E-state index in [2.05, 4.69) is 17.3 Å². The summed E-state index contributed by atoms with van der Waals surface area (Å²) < 4.78 is 0. The van der Waals surface area contributed by atoms with Crippen molar-refractivity contribution >= 4 is 0 Å². The fourth-order valence-electron chi connectivity index (χ4n) is 4.89. The number of rotatable bonds is 3. The predicted octanol–water partition coefficient (Wildman–Crippen LogP) is 3.03. The zero-order valence-corrected chi connectivity index (χ0v) is 12.0. The first-order chi connectivity index (χ1) is 8.88. The second-order valence-electron chi connectivity index (χ2n) is 6.84. The van der Waals surface area contributed by atoms with Gasteiger partial charge in [0, 0.05) is 18.6 Å². The van der Waals surface area contributed by atoms with E-state index >= 15 is 0 Å². The highest BCUT2D eigenvalue weighted by Gasteiger charge is 2.36. The van der Waals surface area contributed by atoms with Crippen molar-refractivity contribution in [2.75, 3.05) is 20.1 Å². The monoisotopic (exact) mass is 250 g/mol. The van der Waals surface area contributed by atoms with E-state index in [1.165, 1.54) is 70.9 Å². The topological polar surface area (TPSA) is 15.3 Å². The van der Waals surface area contributed by atoms with Crippen LogP contribution in [0, 0.1) is 11.8 Å². The van der Waals surface area contributed by atoms with Crippen LogP contribution in [0.4, 0.5) is 0 Å². The Kier molecular flexibility index (Phi) is 4.25. The van der Waals surface area contributed by atoms with E-state index in [-0.39, 0.29) is 0 Å². The number of piperidine rings is 1. The standard InChI is InChI=1S/C16H30N2/c1-17-15-9-3-2-6-14(15)12-18-11-5-8-13-7-4-10-16(13)18/h13-17H,2-12H2,1H3. The summed E-state index contributed by atoms with van der Waals surface area (Å²) in [5.41, 5.74) is 0. The Labute approximate surface area is 113 Å². The maximum absolute atomic E-state index is 3.58. The maximum Gasteiger partial charge on any atom is 0.0124 e. The van der Waals surface area contributed by atoms with Crippen molar-refractivity contribution in [2.45, 2.75) is 69.9 Å². The van der Waals surface area contributed by atoms with Crippen LogP contribution in [0.3, 0.4) is 0 Å². The molecule has 2 saturated carbocycles. The number of nitrogens with zero attached hydrogens (tertiary/aromatic N) is 1. The van der Waals surface area contributed by atoms with Crippen molar-refractivity contribution in [2.24, 2.45) is 11.8 Å². The van der Waals surface area contributed by atoms with Crippen molar-refractivity contribution < 1.29 is 0 Å². The van der Waals surface area contributed by atoms with Gasteiger partial charge in [0.1, 0.15) is 0 Å². The van der Waals surface area contributed by atoms with E-state index in [9.17, 15) is 0 Å². The van der Waals surface area contributed by atoms with Crippen LogP contribution in [0.15, 0.2) is 0 Å². The van der Waals surface area contributed by atoms with E-state index in [0.717, 1.165) is 23.9 Å². The summed E-state index contributed by atoms with van der Waals surface area (Å²) in [5.74, 6) is 1.97. The lowest BCUT2D eigenvalue weighted by Gasteiger charge is -2.42. The summed E-state index contributed by atoms with van der Waals surface area (Å²) in [4.78, 5) is 2.88. The summed E-state index contributed by atoms with van der Waals surface area (Å²) in [6, 6.07) is 1.75. The van der Waals surface area contributed by atoms with Crippen LogP contribution in [0.2, 0.25) is 0 Å². The smallest absolute Gasteiger partial charge is 0.0124 e. The lowest BCUT2D eigenvalue weighted by atomic mass is 9.82. The molecule has 3 aliphatic rings. The molecule has 1 saturated heterocycles. The maximum atomic E-state index is 3.58. The third-order valence-electron chi connectivity index (χ3n) is 5.86. The van der Waals surface area contributed by atoms with Crippen LogP contribution in [0.5, 0.6) is 0 Å². The zero-order chi connectivity index (χ0) is 12.4. The van der Waals surface area contributed by atoms with Crippen LogP contribution in [0.1, 0.15) is 57.8 Å². The van der Waals surface area contributed by atoms with Gasteiger partial charge in [0.2, 0.25) is 0 Å². The SMILES string of the molecule is CNC1CCCCC1CN1CCCC2CCCC21. The normalized spacial score (nSPS) is 41.8. The molecular formula is C16H30N2. The van der Waals surface area contributed by atoms with Gasteiger partial charge < -0.3 is 5.32 Å². The Balaban J connectivity index is 1.60. The predicted molar refractivity (Wildman–Crippen MR) is 76.7 cm³/mol. The minimum absolute atomic E-state index is 0.792. The average Bonchev–Trinajstić information content (AvgIpc) is 2.89. The molecule has 3 rings (SSSR count). The number of fused-ring (bicyclic) bond motifs is 1. The highest BCUT2D eigenvalue weighted by molar-refractivity contribution is 4.91. The van der Waals surface area contributed by atoms with E-state index < -0.39 is 0 Å². The molecule has 1 aliphatic heterocycles. The molecule has 2 heteroatoms. The molecule has 0 aromatic carbocycles. The Morgan fingerprint density at radius 2 is 1.78 bits per heavy atom. The minimum Gasteiger partial charge on any atom is -0.317 e. The van der Waals surface area contributed by atoms with Crippen molar-refractivity contribution in [1.82, 2.24) is 10.2 Å². The molecule has 0 amide bonds. The van der Waals surface area contributed by atoms with Crippen molar-refractivity contribution in [3.05, 3.63) is 0 Å². The van der Waals surface area contributed by atoms with Crippen LogP contribution < -0.4 is 5.32 Å². The van der Waals surface area contributed by atoms with Gasteiger partial charge in [-0.1, -0.05) is 19.3 Å². The van der Waals surface area contributed by atoms with Gasteiger partial charge in [0.25, 0.3) is 0 Å². The lowest BCUT2D eigenvalue weighted by molar-refractivity contribution is 0.0768. The van der Waals surface area contributed by atoms with Gasteiger partial charge in [-0.3, -0.25) is 4.90 Å². The molecule has 0 bridgehead atoms. The summed E-state index contributed by atoms with van der Waals surface area (Å²) in [6.45, 7) is 2.76. The van der Waals surface area contributed by atoms with Crippen molar-refractivity contribution in [1.29, 1.82) is 0 Å². The number of likely N-dealkylation sites (tertiary alicyclic amines) is 1. The third-order valence-corrected chi connectivity index (χ3v) is 5.86. The van der Waals surface area contributed by atoms with Crippen molar-refractivity contribution in [3.63, 3.8) is 0 Å². The Morgan fingerprint density at radius 1 is 0.944 bits per heavy atom. The van der Waals surface area contributed by atoms with E-state index in [1.807, 2.05) is 0 Å². The van der Waals surface area contributed by atoms with Gasteiger partial charge in [0.15, 0.2) is 0 Å². The molecule has 18 heavy (non-hydrogen) atoms. The molecule has 4 atom stereocenters. The van der Waals surface area contributed by atoms with Gasteiger partial charge in [0.05, 0.1) is 0 Å². The van der Waals surface area contributed by atoms with Crippen LogP contribution >= 0.6 is 0 Å². The third kappa shape index (κ3) is 2.60. The Bertz CT molecular complexity index is 266. The van der Waals surface area contributed by atoms with E-state index in [1.54, 1.807) is 0 Å². The first kappa shape index (κ1) is 12.9. The summed E-state index contributed by atoms with van der Waals surface area (Å²) in [7, 11) is 2.16. The molecule has 1 N–H and O–H groups in total. The second-order valence-corrected chi connectivity index (χ2v) is 6.84. The average molecular weight is 250 g/mol. The zero-order valence-electron chi connectivity index (χ0n) is 12.0. The molecule has 2 aliphatic carbocycles. The van der Waals surface area contributed by atoms with Gasteiger partial charge in [-0.15, -0.1) is 0 Å². The summed E-state index contributed by atoms with van der Waals surface area (Å²) in [6.07, 6.45) is 13.2. The Morgan fingerprint density at radius 3 is 2.67 bits per heavy atom. The van der Waals surface area contributed by atoms with Crippen LogP contribution in [-0.2, 0) is 0 Å². The highest BCUT2D eigenvalue weighted by atomic mass is 15.2. The number of nitrogens with one attached hydrogen (secondary N) is 1. The molecular weight excluding hydrogens is 220 g/mol. The fourth-order valence-corrected chi connectivity index (χ4v) is 4.89. The van der Waals surface area contributed by atoms with Crippen LogP contribution in [-0.4, -0.2) is 37.1 Å². The summed E-state index contributed by atoms with van der Waals surface area (Å²) in [5, 5.41) is 3.58. The van der Waals surface area contributed by atoms with Crippen LogP contribution in [0.25, 0.3) is 0 Å². The molecule has 3 fully saturated rings. The highest BCUT2D eigenvalue weighted by Crippen LogP contribution is 2.38. The molecule has 0 spiro atoms. The molecule has 104 valence electrons.